The number of carbonyl (C=O) groups is 1. The average molecular weight is 616 g/mol. The molecule has 0 aromatic rings. The van der Waals surface area contributed by atoms with E-state index in [0.717, 1.165) is 58.0 Å². The quantitative estimate of drug-likeness (QED) is 0.243. The fraction of sp³-hybridized carbons (Fsp3) is 0.921. The lowest BCUT2D eigenvalue weighted by Gasteiger charge is -2.72. The van der Waals surface area contributed by atoms with Crippen molar-refractivity contribution in [3.05, 3.63) is 11.6 Å². The Morgan fingerprint density at radius 1 is 1.09 bits per heavy atom. The number of ether oxygens (including phenoxy) is 3. The lowest BCUT2D eigenvalue weighted by atomic mass is 9.34. The molecule has 44 heavy (non-hydrogen) atoms. The molecule has 3 saturated carbocycles. The van der Waals surface area contributed by atoms with Crippen LogP contribution in [0, 0.1) is 56.7 Å². The molecule has 1 saturated heterocycles. The first-order chi connectivity index (χ1) is 20.5. The van der Waals surface area contributed by atoms with E-state index in [2.05, 4.69) is 68.4 Å². The van der Waals surface area contributed by atoms with E-state index < -0.39 is 5.97 Å². The van der Waals surface area contributed by atoms with Crippen LogP contribution in [-0.4, -0.2) is 55.8 Å². The van der Waals surface area contributed by atoms with Crippen LogP contribution in [0.3, 0.4) is 0 Å². The van der Waals surface area contributed by atoms with Gasteiger partial charge in [0.2, 0.25) is 0 Å². The van der Waals surface area contributed by atoms with Crippen molar-refractivity contribution in [3.8, 4) is 0 Å². The standard InChI is InChI=1S/C38H65NO5/c1-11-37(39,12-2)22-44-32-28(42-10)20-38-23-43-21-34(32,7)29(38)14-13-26-27(38)15-16-36(9)30(19-31(40)41)33(6,25(5)24(3)4)17-18-35(26,36)8/h15,24-26,28-30,32H,11-14,16-23,39H2,1-10H3,(H,40,41)/t25-,26+,28-,29+,30-,32+,33-,34-,35-,36+,38+/m1/s1. The summed E-state index contributed by atoms with van der Waals surface area (Å²) in [6, 6.07) is 0. The van der Waals surface area contributed by atoms with Gasteiger partial charge in [-0.3, -0.25) is 4.79 Å². The maximum atomic E-state index is 12.5. The van der Waals surface area contributed by atoms with Crippen LogP contribution in [0.5, 0.6) is 0 Å². The van der Waals surface area contributed by atoms with E-state index in [1.54, 1.807) is 5.57 Å². The molecule has 11 atom stereocenters. The molecule has 4 fully saturated rings. The van der Waals surface area contributed by atoms with E-state index in [4.69, 9.17) is 19.9 Å². The maximum Gasteiger partial charge on any atom is 0.303 e. The number of carboxylic acids is 1. The third-order valence-electron chi connectivity index (χ3n) is 15.7. The van der Waals surface area contributed by atoms with Gasteiger partial charge in [0.15, 0.2) is 0 Å². The highest BCUT2D eigenvalue weighted by molar-refractivity contribution is 5.67. The van der Waals surface area contributed by atoms with Crippen LogP contribution >= 0.6 is 0 Å². The summed E-state index contributed by atoms with van der Waals surface area (Å²) in [5.41, 5.74) is 7.75. The minimum atomic E-state index is -0.648. The Balaban J connectivity index is 1.55. The second kappa shape index (κ2) is 11.6. The summed E-state index contributed by atoms with van der Waals surface area (Å²) < 4.78 is 19.8. The Hall–Kier alpha value is -0.950. The Kier molecular flexibility index (Phi) is 9.09. The lowest BCUT2D eigenvalue weighted by Crippen LogP contribution is -2.70. The van der Waals surface area contributed by atoms with Gasteiger partial charge in [0.25, 0.3) is 0 Å². The van der Waals surface area contributed by atoms with E-state index in [9.17, 15) is 9.90 Å². The molecular formula is C38H65NO5. The molecule has 1 heterocycles. The van der Waals surface area contributed by atoms with Crippen molar-refractivity contribution >= 4 is 5.97 Å². The summed E-state index contributed by atoms with van der Waals surface area (Å²) >= 11 is 0. The summed E-state index contributed by atoms with van der Waals surface area (Å²) in [7, 11) is 1.86. The number of carboxylic acid groups (broad SMARTS) is 1. The molecule has 6 heteroatoms. The van der Waals surface area contributed by atoms with E-state index in [-0.39, 0.29) is 57.2 Å². The molecule has 0 aromatic heterocycles. The van der Waals surface area contributed by atoms with Gasteiger partial charge < -0.3 is 25.1 Å². The topological polar surface area (TPSA) is 91.0 Å². The molecule has 6 nitrogen and oxygen atoms in total. The van der Waals surface area contributed by atoms with Crippen molar-refractivity contribution in [3.63, 3.8) is 0 Å². The molecular weight excluding hydrogens is 550 g/mol. The van der Waals surface area contributed by atoms with Crippen molar-refractivity contribution in [1.82, 2.24) is 0 Å². The number of rotatable bonds is 10. The second-order valence-electron chi connectivity index (χ2n) is 17.5. The van der Waals surface area contributed by atoms with Crippen molar-refractivity contribution in [2.75, 3.05) is 26.9 Å². The number of fused-ring (bicyclic) bond motifs is 3. The molecule has 0 unspecified atom stereocenters. The maximum absolute atomic E-state index is 12.5. The number of aliphatic carboxylic acids is 1. The number of hydrogen-bond acceptors (Lipinski definition) is 5. The monoisotopic (exact) mass is 615 g/mol. The predicted molar refractivity (Wildman–Crippen MR) is 176 cm³/mol. The third kappa shape index (κ3) is 4.81. The van der Waals surface area contributed by atoms with Gasteiger partial charge in [-0.25, -0.2) is 0 Å². The van der Waals surface area contributed by atoms with E-state index >= 15 is 0 Å². The first-order valence-corrected chi connectivity index (χ1v) is 17.9. The highest BCUT2D eigenvalue weighted by Crippen LogP contribution is 2.75. The average Bonchev–Trinajstić information content (AvgIpc) is 2.98. The molecule has 2 bridgehead atoms. The van der Waals surface area contributed by atoms with Gasteiger partial charge in [0.1, 0.15) is 0 Å². The Morgan fingerprint density at radius 3 is 2.36 bits per heavy atom. The largest absolute Gasteiger partial charge is 0.481 e. The minimum absolute atomic E-state index is 0.0000927. The highest BCUT2D eigenvalue weighted by atomic mass is 16.5. The summed E-state index contributed by atoms with van der Waals surface area (Å²) in [5, 5.41) is 10.3. The highest BCUT2D eigenvalue weighted by Gasteiger charge is 2.71. The van der Waals surface area contributed by atoms with Gasteiger partial charge in [-0.05, 0) is 97.2 Å². The van der Waals surface area contributed by atoms with Gasteiger partial charge in [0.05, 0.1) is 32.0 Å². The van der Waals surface area contributed by atoms with Crippen LogP contribution in [0.25, 0.3) is 0 Å². The summed E-state index contributed by atoms with van der Waals surface area (Å²) in [6.45, 7) is 23.1. The smallest absolute Gasteiger partial charge is 0.303 e. The van der Waals surface area contributed by atoms with Gasteiger partial charge in [-0.2, -0.15) is 0 Å². The normalized spacial score (nSPS) is 46.0. The second-order valence-corrected chi connectivity index (χ2v) is 17.5. The lowest BCUT2D eigenvalue weighted by molar-refractivity contribution is -0.269. The van der Waals surface area contributed by atoms with Crippen molar-refractivity contribution < 1.29 is 24.1 Å². The molecule has 5 rings (SSSR count). The Morgan fingerprint density at radius 2 is 1.77 bits per heavy atom. The van der Waals surface area contributed by atoms with Gasteiger partial charge in [0, 0.05) is 29.9 Å². The van der Waals surface area contributed by atoms with Crippen LogP contribution in [0.4, 0.5) is 0 Å². The third-order valence-corrected chi connectivity index (χ3v) is 15.7. The number of methoxy groups -OCH3 is 1. The minimum Gasteiger partial charge on any atom is -0.481 e. The van der Waals surface area contributed by atoms with Crippen molar-refractivity contribution in [2.24, 2.45) is 62.4 Å². The van der Waals surface area contributed by atoms with Crippen molar-refractivity contribution in [2.45, 2.75) is 138 Å². The van der Waals surface area contributed by atoms with Crippen LogP contribution in [0.15, 0.2) is 11.6 Å². The fourth-order valence-electron chi connectivity index (χ4n) is 12.0. The van der Waals surface area contributed by atoms with Crippen LogP contribution in [0.2, 0.25) is 0 Å². The molecule has 252 valence electrons. The van der Waals surface area contributed by atoms with Crippen LogP contribution < -0.4 is 5.73 Å². The molecule has 0 spiro atoms. The van der Waals surface area contributed by atoms with E-state index in [1.807, 2.05) is 7.11 Å². The molecule has 3 N–H and O–H groups in total. The van der Waals surface area contributed by atoms with E-state index in [0.29, 0.717) is 36.9 Å². The molecule has 4 aliphatic carbocycles. The zero-order valence-corrected chi connectivity index (χ0v) is 29.8. The fourth-order valence-corrected chi connectivity index (χ4v) is 12.0. The predicted octanol–water partition coefficient (Wildman–Crippen LogP) is 7.88. The molecule has 1 aliphatic heterocycles. The van der Waals surface area contributed by atoms with Crippen LogP contribution in [-0.2, 0) is 19.0 Å². The zero-order valence-electron chi connectivity index (χ0n) is 29.8. The van der Waals surface area contributed by atoms with Gasteiger partial charge in [-0.1, -0.05) is 74.0 Å². The van der Waals surface area contributed by atoms with Gasteiger partial charge in [-0.15, -0.1) is 0 Å². The van der Waals surface area contributed by atoms with Crippen molar-refractivity contribution in [1.29, 1.82) is 0 Å². The van der Waals surface area contributed by atoms with Crippen LogP contribution in [0.1, 0.15) is 120 Å². The molecule has 5 aliphatic rings. The SMILES string of the molecule is CCC(N)(CC)CO[C@H]1[C@H](OC)C[C@@]23COC[C@]1(C)[C@@H]2CC[C@H]1C3=CC[C@@]2(C)[C@H](CC(=O)O)[C@@](C)([C@H](C)C(C)C)CC[C@]12C. The molecule has 0 amide bonds. The molecule has 0 radical (unpaired) electrons. The molecule has 0 aromatic carbocycles. The summed E-state index contributed by atoms with van der Waals surface area (Å²) in [5.74, 6) is 1.37. The number of hydrogen-bond donors (Lipinski definition) is 2. The Bertz CT molecular complexity index is 1120. The summed E-state index contributed by atoms with van der Waals surface area (Å²) in [6.07, 6.45) is 11.0. The van der Waals surface area contributed by atoms with Gasteiger partial charge >= 0.3 is 5.97 Å². The number of allylic oxidation sites excluding steroid dienone is 1. The number of nitrogens with two attached hydrogens (primary N) is 1. The Labute approximate surface area is 268 Å². The summed E-state index contributed by atoms with van der Waals surface area (Å²) in [4.78, 5) is 12.5. The first kappa shape index (κ1) is 34.4. The first-order valence-electron chi connectivity index (χ1n) is 17.9. The van der Waals surface area contributed by atoms with E-state index in [1.165, 1.54) is 0 Å². The zero-order chi connectivity index (χ0) is 32.5.